The summed E-state index contributed by atoms with van der Waals surface area (Å²) in [7, 11) is -3.44. The van der Waals surface area contributed by atoms with Crippen molar-refractivity contribution in [3.8, 4) is 0 Å². The van der Waals surface area contributed by atoms with E-state index in [1.165, 1.54) is 0 Å². The van der Waals surface area contributed by atoms with Crippen molar-refractivity contribution < 1.29 is 17.9 Å². The van der Waals surface area contributed by atoms with Crippen LogP contribution in [0.1, 0.15) is 30.9 Å². The van der Waals surface area contributed by atoms with Gasteiger partial charge in [-0.2, -0.15) is 4.31 Å². The summed E-state index contributed by atoms with van der Waals surface area (Å²) in [5.41, 5.74) is 1.63. The van der Waals surface area contributed by atoms with Gasteiger partial charge in [-0.25, -0.2) is 8.42 Å². The topological polar surface area (TPSA) is 55.8 Å². The molecule has 0 aromatic heterocycles. The zero-order chi connectivity index (χ0) is 17.4. The Balaban J connectivity index is 1.70. The normalized spacial score (nSPS) is 23.5. The van der Waals surface area contributed by atoms with Crippen molar-refractivity contribution >= 4 is 10.0 Å². The molecule has 134 valence electrons. The highest BCUT2D eigenvalue weighted by Gasteiger charge is 2.56. The maximum absolute atomic E-state index is 12.9. The molecule has 0 radical (unpaired) electrons. The molecule has 24 heavy (non-hydrogen) atoms. The van der Waals surface area contributed by atoms with Crippen molar-refractivity contribution in [3.63, 3.8) is 0 Å². The Morgan fingerprint density at radius 3 is 2.54 bits per heavy atom. The Labute approximate surface area is 145 Å². The van der Waals surface area contributed by atoms with Crippen LogP contribution in [0.2, 0.25) is 0 Å². The summed E-state index contributed by atoms with van der Waals surface area (Å²) in [6.07, 6.45) is 1.93. The maximum atomic E-state index is 12.9. The van der Waals surface area contributed by atoms with Gasteiger partial charge in [-0.1, -0.05) is 6.07 Å². The molecule has 0 bridgehead atoms. The number of aryl methyl sites for hydroxylation is 2. The van der Waals surface area contributed by atoms with Gasteiger partial charge in [0.05, 0.1) is 10.5 Å². The van der Waals surface area contributed by atoms with Crippen LogP contribution in [0.25, 0.3) is 0 Å². The fraction of sp³-hybridized carbons (Fsp3) is 0.667. The summed E-state index contributed by atoms with van der Waals surface area (Å²) in [5.74, 6) is 0.384. The molecule has 1 atom stereocenters. The molecule has 0 N–H and O–H groups in total. The molecular formula is C18H27NO4S. The van der Waals surface area contributed by atoms with Crippen molar-refractivity contribution in [1.29, 1.82) is 0 Å². The fourth-order valence-corrected chi connectivity index (χ4v) is 5.61. The number of ether oxygens (including phenoxy) is 2. The molecule has 2 heterocycles. The number of hydrogen-bond donors (Lipinski definition) is 0. The van der Waals surface area contributed by atoms with Gasteiger partial charge in [0.15, 0.2) is 0 Å². The molecule has 2 fully saturated rings. The lowest BCUT2D eigenvalue weighted by molar-refractivity contribution is -0.105. The standard InChI is InChI=1S/C18H27NO4S/c1-4-22-7-5-16-6-8-23-18(16)12-19(13-18)24(20,21)17-10-14(2)9-15(3)11-17/h9-11,16H,4-8,12-13H2,1-3H3. The fourth-order valence-electron chi connectivity index (χ4n) is 3.86. The Kier molecular flexibility index (Phi) is 5.02. The first-order valence-electron chi connectivity index (χ1n) is 8.67. The first kappa shape index (κ1) is 17.9. The van der Waals surface area contributed by atoms with Crippen LogP contribution >= 0.6 is 0 Å². The molecule has 0 amide bonds. The second-order valence-electron chi connectivity index (χ2n) is 6.98. The number of sulfonamides is 1. The van der Waals surface area contributed by atoms with E-state index in [1.54, 1.807) is 16.4 Å². The third-order valence-corrected chi connectivity index (χ3v) is 6.91. The monoisotopic (exact) mass is 353 g/mol. The average molecular weight is 353 g/mol. The molecule has 3 rings (SSSR count). The number of rotatable bonds is 6. The van der Waals surface area contributed by atoms with Crippen molar-refractivity contribution in [2.24, 2.45) is 5.92 Å². The van der Waals surface area contributed by atoms with Crippen LogP contribution in [-0.2, 0) is 19.5 Å². The summed E-state index contributed by atoms with van der Waals surface area (Å²) in [6, 6.07) is 5.48. The van der Waals surface area contributed by atoms with Gasteiger partial charge in [0.25, 0.3) is 0 Å². The van der Waals surface area contributed by atoms with Gasteiger partial charge in [-0.3, -0.25) is 0 Å². The van der Waals surface area contributed by atoms with Crippen molar-refractivity contribution in [2.75, 3.05) is 32.9 Å². The van der Waals surface area contributed by atoms with Crippen LogP contribution < -0.4 is 0 Å². The summed E-state index contributed by atoms with van der Waals surface area (Å²) in [5, 5.41) is 0. The molecule has 0 saturated carbocycles. The molecular weight excluding hydrogens is 326 g/mol. The summed E-state index contributed by atoms with van der Waals surface area (Å²) in [6.45, 7) is 8.90. The van der Waals surface area contributed by atoms with Gasteiger partial charge < -0.3 is 9.47 Å². The third-order valence-electron chi connectivity index (χ3n) is 5.14. The highest BCUT2D eigenvalue weighted by Crippen LogP contribution is 2.43. The first-order valence-corrected chi connectivity index (χ1v) is 10.1. The van der Waals surface area contributed by atoms with E-state index in [0.717, 1.165) is 30.6 Å². The molecule has 1 spiro atoms. The lowest BCUT2D eigenvalue weighted by atomic mass is 9.80. The van der Waals surface area contributed by atoms with E-state index < -0.39 is 10.0 Å². The summed E-state index contributed by atoms with van der Waals surface area (Å²) in [4.78, 5) is 0.388. The van der Waals surface area contributed by atoms with Gasteiger partial charge in [0, 0.05) is 32.9 Å². The lowest BCUT2D eigenvalue weighted by Gasteiger charge is -2.49. The van der Waals surface area contributed by atoms with E-state index in [9.17, 15) is 8.42 Å². The van der Waals surface area contributed by atoms with E-state index in [4.69, 9.17) is 9.47 Å². The Morgan fingerprint density at radius 1 is 1.25 bits per heavy atom. The second-order valence-corrected chi connectivity index (χ2v) is 8.92. The Morgan fingerprint density at radius 2 is 1.92 bits per heavy atom. The van der Waals surface area contributed by atoms with Crippen LogP contribution in [0, 0.1) is 19.8 Å². The average Bonchev–Trinajstić information content (AvgIpc) is 2.89. The van der Waals surface area contributed by atoms with E-state index in [0.29, 0.717) is 37.1 Å². The highest BCUT2D eigenvalue weighted by molar-refractivity contribution is 7.89. The van der Waals surface area contributed by atoms with E-state index in [2.05, 4.69) is 0 Å². The summed E-state index contributed by atoms with van der Waals surface area (Å²) >= 11 is 0. The molecule has 2 aliphatic rings. The number of benzene rings is 1. The van der Waals surface area contributed by atoms with Crippen molar-refractivity contribution in [2.45, 2.75) is 44.1 Å². The highest BCUT2D eigenvalue weighted by atomic mass is 32.2. The molecule has 2 aliphatic heterocycles. The predicted octanol–water partition coefficient (Wildman–Crippen LogP) is 2.51. The van der Waals surface area contributed by atoms with Crippen LogP contribution in [-0.4, -0.2) is 51.2 Å². The number of hydrogen-bond acceptors (Lipinski definition) is 4. The maximum Gasteiger partial charge on any atom is 0.243 e. The molecule has 0 aliphatic carbocycles. The second kappa shape index (κ2) is 6.75. The quantitative estimate of drug-likeness (QED) is 0.738. The zero-order valence-corrected chi connectivity index (χ0v) is 15.6. The van der Waals surface area contributed by atoms with Gasteiger partial charge in [0.2, 0.25) is 10.0 Å². The zero-order valence-electron chi connectivity index (χ0n) is 14.7. The van der Waals surface area contributed by atoms with Crippen LogP contribution in [0.5, 0.6) is 0 Å². The summed E-state index contributed by atoms with van der Waals surface area (Å²) < 4.78 is 38.7. The smallest absolute Gasteiger partial charge is 0.243 e. The van der Waals surface area contributed by atoms with E-state index in [-0.39, 0.29) is 5.60 Å². The predicted molar refractivity (Wildman–Crippen MR) is 92.6 cm³/mol. The van der Waals surface area contributed by atoms with E-state index >= 15 is 0 Å². The molecule has 6 heteroatoms. The SMILES string of the molecule is CCOCCC1CCOC12CN(S(=O)(=O)c1cc(C)cc(C)c1)C2. The van der Waals surface area contributed by atoms with E-state index in [1.807, 2.05) is 26.8 Å². The Hall–Kier alpha value is -0.950. The van der Waals surface area contributed by atoms with Crippen LogP contribution in [0.3, 0.4) is 0 Å². The number of nitrogens with zero attached hydrogens (tertiary/aromatic N) is 1. The molecule has 1 aromatic carbocycles. The van der Waals surface area contributed by atoms with Crippen molar-refractivity contribution in [3.05, 3.63) is 29.3 Å². The van der Waals surface area contributed by atoms with Gasteiger partial charge in [-0.05, 0) is 62.8 Å². The van der Waals surface area contributed by atoms with Gasteiger partial charge in [-0.15, -0.1) is 0 Å². The van der Waals surface area contributed by atoms with Crippen molar-refractivity contribution in [1.82, 2.24) is 4.31 Å². The molecule has 5 nitrogen and oxygen atoms in total. The van der Waals surface area contributed by atoms with Crippen LogP contribution in [0.4, 0.5) is 0 Å². The molecule has 1 aromatic rings. The lowest BCUT2D eigenvalue weighted by Crippen LogP contribution is -2.65. The van der Waals surface area contributed by atoms with Gasteiger partial charge in [0.1, 0.15) is 0 Å². The Bertz CT molecular complexity index is 675. The first-order chi connectivity index (χ1) is 11.4. The largest absolute Gasteiger partial charge is 0.382 e. The van der Waals surface area contributed by atoms with Crippen LogP contribution in [0.15, 0.2) is 23.1 Å². The van der Waals surface area contributed by atoms with Gasteiger partial charge >= 0.3 is 0 Å². The minimum absolute atomic E-state index is 0.303. The third kappa shape index (κ3) is 3.25. The molecule has 2 saturated heterocycles. The molecule has 1 unspecified atom stereocenters. The minimum Gasteiger partial charge on any atom is -0.382 e. The minimum atomic E-state index is -3.44.